The summed E-state index contributed by atoms with van der Waals surface area (Å²) < 4.78 is 59.6. The first-order chi connectivity index (χ1) is 41.0. The van der Waals surface area contributed by atoms with E-state index >= 15 is 0 Å². The second-order valence-electron chi connectivity index (χ2n) is 25.9. The van der Waals surface area contributed by atoms with Crippen LogP contribution in [0.4, 0.5) is 0 Å². The molecule has 500 valence electrons. The summed E-state index contributed by atoms with van der Waals surface area (Å²) in [6.07, 6.45) is -20.5. The van der Waals surface area contributed by atoms with Crippen molar-refractivity contribution in [2.75, 3.05) is 66.5 Å². The highest BCUT2D eigenvalue weighted by Crippen LogP contribution is 2.66. The van der Waals surface area contributed by atoms with E-state index in [1.54, 1.807) is 123 Å². The Labute approximate surface area is 512 Å². The van der Waals surface area contributed by atoms with Crippen molar-refractivity contribution in [3.63, 3.8) is 0 Å². The first-order valence-corrected chi connectivity index (χ1v) is 30.7. The molecule has 2 aromatic carbocycles. The maximum Gasteiger partial charge on any atom is 0.214 e. The number of fused-ring (bicyclic) bond motifs is 5. The molecule has 1 heterocycles. The second kappa shape index (κ2) is 32.8. The molecule has 1 saturated heterocycles. The molecule has 25 heteroatoms. The molecule has 0 radical (unpaired) electrons. The van der Waals surface area contributed by atoms with Crippen LogP contribution in [0.5, 0.6) is 0 Å². The molecule has 4 aliphatic rings. The Morgan fingerprint density at radius 3 is 1.98 bits per heavy atom. The van der Waals surface area contributed by atoms with Gasteiger partial charge in [-0.25, -0.2) is 0 Å². The van der Waals surface area contributed by atoms with Crippen LogP contribution in [0, 0.1) is 28.6 Å². The first-order valence-electron chi connectivity index (χ1n) is 30.7. The maximum atomic E-state index is 14.0. The van der Waals surface area contributed by atoms with Crippen LogP contribution in [0.15, 0.2) is 60.7 Å². The van der Waals surface area contributed by atoms with E-state index in [4.69, 9.17) is 47.4 Å². The van der Waals surface area contributed by atoms with Gasteiger partial charge in [0.15, 0.2) is 25.2 Å². The summed E-state index contributed by atoms with van der Waals surface area (Å²) in [5, 5.41) is 152. The summed E-state index contributed by atoms with van der Waals surface area (Å²) in [5.74, 6) is -3.31. The van der Waals surface area contributed by atoms with Crippen LogP contribution >= 0.6 is 0 Å². The fourth-order valence-electron chi connectivity index (χ4n) is 13.7. The van der Waals surface area contributed by atoms with Crippen LogP contribution in [0.2, 0.25) is 0 Å². The monoisotopic (exact) mass is 1240 g/mol. The molecule has 23 atom stereocenters. The number of aliphatic hydroxyl groups is 12. The van der Waals surface area contributed by atoms with E-state index < -0.39 is 163 Å². The Balaban J connectivity index is 1.23. The largest absolute Gasteiger partial charge is 0.392 e. The summed E-state index contributed by atoms with van der Waals surface area (Å²) >= 11 is 0. The van der Waals surface area contributed by atoms with Crippen molar-refractivity contribution < 1.29 is 109 Å². The van der Waals surface area contributed by atoms with Crippen molar-refractivity contribution in [3.05, 3.63) is 71.8 Å². The topological polar surface area (TPSA) is 371 Å². The van der Waals surface area contributed by atoms with Crippen LogP contribution < -0.4 is 16.0 Å². The zero-order valence-corrected chi connectivity index (χ0v) is 52.4. The summed E-state index contributed by atoms with van der Waals surface area (Å²) in [5.41, 5.74) is -7.21. The van der Waals surface area contributed by atoms with Gasteiger partial charge < -0.3 is 109 Å². The fourth-order valence-corrected chi connectivity index (χ4v) is 13.7. The van der Waals surface area contributed by atoms with Gasteiger partial charge in [0.1, 0.15) is 24.2 Å². The smallest absolute Gasteiger partial charge is 0.214 e. The molecular weight excluding hydrogens is 1140 g/mol. The van der Waals surface area contributed by atoms with Crippen molar-refractivity contribution in [1.82, 2.24) is 16.0 Å². The van der Waals surface area contributed by atoms with Gasteiger partial charge >= 0.3 is 0 Å². The molecule has 17 unspecified atom stereocenters. The highest BCUT2D eigenvalue weighted by molar-refractivity contribution is 5.27. The van der Waals surface area contributed by atoms with Gasteiger partial charge in [-0.3, -0.25) is 16.0 Å². The van der Waals surface area contributed by atoms with Crippen molar-refractivity contribution in [2.45, 2.75) is 223 Å². The standard InChI is InChI=1S/C62H105N3O22/c1-36-42(32-62(77)54(85-55(74)40-21-15-12-16-22-40)52-60(9,53(73)50(72)48(36)59(62,7)8)43(68)31-44-61(52,35-82-44)86-38(3)67)83-56(75)51(49(39-19-13-11-14-20-39)65-57(76)87-58(4,5)6)84-47(71)34-81-33-46(70)64-41(37(2)66)23-17-18-25-63-45(69)24-26-79-29-30-80-28-27-78-10/h11-16,19-22,36-38,41-57,63-77H,17-18,23-35H2,1-10H3/t36?,37?,38?,41?,42-,43?,44?,45?,46?,47?,48?,49-,50?,51+,52-,53?,54-,55?,56?,57?,60?,61-,62?/m0/s1. The van der Waals surface area contributed by atoms with E-state index in [2.05, 4.69) is 16.0 Å². The Bertz CT molecular complexity index is 2280. The molecule has 2 bridgehead atoms. The number of nitrogens with one attached hydrogen (secondary N) is 3. The summed E-state index contributed by atoms with van der Waals surface area (Å²) in [7, 11) is 1.60. The highest BCUT2D eigenvalue weighted by atomic mass is 16.7. The van der Waals surface area contributed by atoms with E-state index in [0.717, 1.165) is 0 Å². The number of unbranched alkanes of at least 4 members (excludes halogenated alkanes) is 1. The van der Waals surface area contributed by atoms with E-state index in [1.807, 2.05) is 0 Å². The van der Waals surface area contributed by atoms with Gasteiger partial charge in [0.25, 0.3) is 0 Å². The van der Waals surface area contributed by atoms with Crippen molar-refractivity contribution >= 4 is 0 Å². The first kappa shape index (κ1) is 73.5. The number of methoxy groups -OCH3 is 1. The minimum absolute atomic E-state index is 0.0816. The van der Waals surface area contributed by atoms with Gasteiger partial charge in [-0.05, 0) is 65.5 Å². The molecule has 4 fully saturated rings. The summed E-state index contributed by atoms with van der Waals surface area (Å²) in [6.45, 7) is 16.3. The van der Waals surface area contributed by atoms with Crippen molar-refractivity contribution in [1.29, 1.82) is 0 Å². The number of benzene rings is 2. The SMILES string of the molecule is COCCOCCOCCC(O)NCCCCC(NC(O)COCC(O)O[C@@H](C(O)O[C@H]1CC2(O)[C@@H](OC(O)c3ccccc3)[C@H]3C(C)(C(O)CC4OC[C@]43OC(C)O)C(O)C(O)C(C1C)C2(C)C)[C@@H](NC(O)OC(C)(C)C)c1ccccc1)C(C)O. The normalized spacial score (nSPS) is 32.8. The molecule has 0 spiro atoms. The van der Waals surface area contributed by atoms with Gasteiger partial charge in [-0.2, -0.15) is 0 Å². The third-order valence-electron chi connectivity index (χ3n) is 18.2. The summed E-state index contributed by atoms with van der Waals surface area (Å²) in [4.78, 5) is 0. The predicted octanol–water partition coefficient (Wildman–Crippen LogP) is 0.742. The van der Waals surface area contributed by atoms with Crippen LogP contribution in [0.1, 0.15) is 124 Å². The van der Waals surface area contributed by atoms with E-state index in [0.29, 0.717) is 76.4 Å². The Hall–Kier alpha value is -2.56. The number of rotatable bonds is 37. The van der Waals surface area contributed by atoms with Crippen molar-refractivity contribution in [3.8, 4) is 0 Å². The van der Waals surface area contributed by atoms with Gasteiger partial charge in [0.05, 0.1) is 113 Å². The van der Waals surface area contributed by atoms with Crippen LogP contribution in [0.25, 0.3) is 0 Å². The van der Waals surface area contributed by atoms with Gasteiger partial charge in [0.2, 0.25) is 6.41 Å². The van der Waals surface area contributed by atoms with E-state index in [9.17, 15) is 61.3 Å². The number of aliphatic hydroxyl groups excluding tert-OH is 11. The molecular formula is C62H105N3O22. The highest BCUT2D eigenvalue weighted by Gasteiger charge is 2.78. The molecule has 3 aliphatic carbocycles. The van der Waals surface area contributed by atoms with Gasteiger partial charge in [-0.15, -0.1) is 0 Å². The predicted molar refractivity (Wildman–Crippen MR) is 314 cm³/mol. The lowest BCUT2D eigenvalue weighted by atomic mass is 9.42. The van der Waals surface area contributed by atoms with Crippen molar-refractivity contribution in [2.24, 2.45) is 28.6 Å². The molecule has 0 amide bonds. The average Bonchev–Trinajstić information content (AvgIpc) is 0.680. The van der Waals surface area contributed by atoms with Crippen LogP contribution in [-0.4, -0.2) is 237 Å². The molecule has 15 N–H and O–H groups in total. The molecule has 1 aliphatic heterocycles. The lowest BCUT2D eigenvalue weighted by Gasteiger charge is -2.71. The van der Waals surface area contributed by atoms with E-state index in [-0.39, 0.29) is 19.6 Å². The minimum atomic E-state index is -2.24. The lowest BCUT2D eigenvalue weighted by Crippen LogP contribution is -2.83. The lowest BCUT2D eigenvalue weighted by molar-refractivity contribution is -0.417. The van der Waals surface area contributed by atoms with Gasteiger partial charge in [-0.1, -0.05) is 94.8 Å². The molecule has 2 aromatic rings. The average molecular weight is 1240 g/mol. The summed E-state index contributed by atoms with van der Waals surface area (Å²) in [6, 6.07) is 15.1. The molecule has 6 rings (SSSR count). The molecule has 87 heavy (non-hydrogen) atoms. The quantitative estimate of drug-likeness (QED) is 0.0328. The Morgan fingerprint density at radius 2 is 1.38 bits per heavy atom. The van der Waals surface area contributed by atoms with Crippen LogP contribution in [-0.2, 0) is 47.4 Å². The minimum Gasteiger partial charge on any atom is -0.392 e. The number of hydrogen-bond acceptors (Lipinski definition) is 25. The molecule has 0 aromatic heterocycles. The number of hydrogen-bond donors (Lipinski definition) is 15. The van der Waals surface area contributed by atoms with Crippen LogP contribution in [0.3, 0.4) is 0 Å². The van der Waals surface area contributed by atoms with E-state index in [1.165, 1.54) is 6.92 Å². The Kier molecular flexibility index (Phi) is 27.7. The third kappa shape index (κ3) is 18.4. The third-order valence-corrected chi connectivity index (χ3v) is 18.2. The molecule has 3 saturated carbocycles. The fraction of sp³-hybridized carbons (Fsp3) is 0.806. The molecule has 25 nitrogen and oxygen atoms in total. The zero-order chi connectivity index (χ0) is 64.1. The Morgan fingerprint density at radius 1 is 0.747 bits per heavy atom. The maximum absolute atomic E-state index is 14.0. The zero-order valence-electron chi connectivity index (χ0n) is 52.4. The van der Waals surface area contributed by atoms with Gasteiger partial charge in [0, 0.05) is 60.6 Å². The second-order valence-corrected chi connectivity index (χ2v) is 25.9. The number of ether oxygens (including phenoxy) is 10.